The molecule has 2 aromatic heterocycles. The zero-order valence-corrected chi connectivity index (χ0v) is 15.6. The monoisotopic (exact) mass is 378 g/mol. The van der Waals surface area contributed by atoms with E-state index < -0.39 is 16.0 Å². The first kappa shape index (κ1) is 17.4. The lowest BCUT2D eigenvalue weighted by molar-refractivity contribution is 0.0686. The Labute approximate surface area is 152 Å². The summed E-state index contributed by atoms with van der Waals surface area (Å²) in [5.41, 5.74) is -0.0534. The molecule has 2 atom stereocenters. The fraction of sp³-hybridized carbons (Fsp3) is 0.500. The van der Waals surface area contributed by atoms with Gasteiger partial charge in [-0.05, 0) is 43.4 Å². The third kappa shape index (κ3) is 3.07. The highest BCUT2D eigenvalue weighted by Gasteiger charge is 2.40. The van der Waals surface area contributed by atoms with Gasteiger partial charge in [-0.15, -0.1) is 0 Å². The van der Waals surface area contributed by atoms with E-state index in [0.717, 1.165) is 25.0 Å². The Bertz CT molecular complexity index is 954. The van der Waals surface area contributed by atoms with Crippen LogP contribution >= 0.6 is 0 Å². The first-order valence-corrected chi connectivity index (χ1v) is 10.2. The van der Waals surface area contributed by atoms with E-state index in [4.69, 9.17) is 4.42 Å². The SMILES string of the molecule is CC1CC1c1ccc(CN(C2CC2)S(=O)(=O)c2cc(C(=O)O)n(C)c2)o1. The fourth-order valence-electron chi connectivity index (χ4n) is 3.35. The molecule has 0 spiro atoms. The number of nitrogens with zero attached hydrogens (tertiary/aromatic N) is 2. The average Bonchev–Trinajstić information content (AvgIpc) is 3.45. The molecule has 0 bridgehead atoms. The molecule has 0 aliphatic heterocycles. The Balaban J connectivity index is 1.60. The topological polar surface area (TPSA) is 92.8 Å². The van der Waals surface area contributed by atoms with Crippen molar-refractivity contribution in [3.05, 3.63) is 41.6 Å². The molecule has 2 aliphatic carbocycles. The number of rotatable bonds is 7. The molecule has 0 radical (unpaired) electrons. The zero-order chi connectivity index (χ0) is 18.6. The predicted molar refractivity (Wildman–Crippen MR) is 93.4 cm³/mol. The molecule has 4 rings (SSSR count). The van der Waals surface area contributed by atoms with E-state index in [0.29, 0.717) is 17.6 Å². The van der Waals surface area contributed by atoms with Crippen molar-refractivity contribution in [2.24, 2.45) is 13.0 Å². The largest absolute Gasteiger partial charge is 0.477 e. The molecule has 0 saturated heterocycles. The second kappa shape index (κ2) is 5.99. The lowest BCUT2D eigenvalue weighted by Crippen LogP contribution is -2.32. The summed E-state index contributed by atoms with van der Waals surface area (Å²) in [7, 11) is -2.26. The van der Waals surface area contributed by atoms with Crippen molar-refractivity contribution in [3.8, 4) is 0 Å². The van der Waals surface area contributed by atoms with Gasteiger partial charge in [-0.25, -0.2) is 13.2 Å². The van der Waals surface area contributed by atoms with Crippen LogP contribution < -0.4 is 0 Å². The summed E-state index contributed by atoms with van der Waals surface area (Å²) in [5, 5.41) is 9.18. The number of sulfonamides is 1. The van der Waals surface area contributed by atoms with E-state index >= 15 is 0 Å². The van der Waals surface area contributed by atoms with Crippen LogP contribution in [0, 0.1) is 5.92 Å². The lowest BCUT2D eigenvalue weighted by Gasteiger charge is -2.20. The van der Waals surface area contributed by atoms with Crippen molar-refractivity contribution in [3.63, 3.8) is 0 Å². The minimum Gasteiger partial charge on any atom is -0.477 e. The Kier molecular flexibility index (Phi) is 4.00. The second-order valence-corrected chi connectivity index (χ2v) is 9.27. The van der Waals surface area contributed by atoms with Crippen LogP contribution in [-0.2, 0) is 23.6 Å². The first-order valence-electron chi connectivity index (χ1n) is 8.77. The number of furan rings is 1. The molecule has 2 fully saturated rings. The lowest BCUT2D eigenvalue weighted by atomic mass is 10.3. The standard InChI is InChI=1S/C18H22N2O5S/c1-11-7-15(11)17-6-5-13(25-17)9-20(12-3-4-12)26(23,24)14-8-16(18(21)22)19(2)10-14/h5-6,8,10-12,15H,3-4,7,9H2,1-2H3,(H,21,22). The first-order chi connectivity index (χ1) is 12.3. The summed E-state index contributed by atoms with van der Waals surface area (Å²) in [4.78, 5) is 11.2. The molecular formula is C18H22N2O5S. The van der Waals surface area contributed by atoms with E-state index in [1.165, 1.54) is 28.2 Å². The van der Waals surface area contributed by atoms with Crippen molar-refractivity contribution >= 4 is 16.0 Å². The third-order valence-electron chi connectivity index (χ3n) is 5.23. The van der Waals surface area contributed by atoms with Gasteiger partial charge < -0.3 is 14.1 Å². The van der Waals surface area contributed by atoms with Crippen molar-refractivity contribution in [2.75, 3.05) is 0 Å². The smallest absolute Gasteiger partial charge is 0.352 e. The fourth-order valence-corrected chi connectivity index (χ4v) is 5.07. The van der Waals surface area contributed by atoms with Gasteiger partial charge in [0.1, 0.15) is 22.1 Å². The number of aromatic nitrogens is 1. The second-order valence-electron chi connectivity index (χ2n) is 7.38. The van der Waals surface area contributed by atoms with Crippen LogP contribution in [0.5, 0.6) is 0 Å². The van der Waals surface area contributed by atoms with Gasteiger partial charge in [0.15, 0.2) is 0 Å². The summed E-state index contributed by atoms with van der Waals surface area (Å²) in [6.07, 6.45) is 4.09. The zero-order valence-electron chi connectivity index (χ0n) is 14.8. The Hall–Kier alpha value is -2.06. The average molecular weight is 378 g/mol. The number of aryl methyl sites for hydroxylation is 1. The maximum Gasteiger partial charge on any atom is 0.352 e. The summed E-state index contributed by atoms with van der Waals surface area (Å²) >= 11 is 0. The molecule has 7 nitrogen and oxygen atoms in total. The van der Waals surface area contributed by atoms with Crippen molar-refractivity contribution in [1.82, 2.24) is 8.87 Å². The Morgan fingerprint density at radius 3 is 2.62 bits per heavy atom. The van der Waals surface area contributed by atoms with Crippen LogP contribution in [0.15, 0.2) is 33.7 Å². The molecule has 2 aliphatic rings. The van der Waals surface area contributed by atoms with Gasteiger partial charge in [-0.2, -0.15) is 4.31 Å². The third-order valence-corrected chi connectivity index (χ3v) is 7.09. The highest BCUT2D eigenvalue weighted by atomic mass is 32.2. The number of aromatic carboxylic acids is 1. The van der Waals surface area contributed by atoms with Crippen LogP contribution in [0.2, 0.25) is 0 Å². The summed E-state index contributed by atoms with van der Waals surface area (Å²) in [6, 6.07) is 4.94. The van der Waals surface area contributed by atoms with Gasteiger partial charge in [0.05, 0.1) is 6.54 Å². The van der Waals surface area contributed by atoms with E-state index in [1.807, 2.05) is 12.1 Å². The number of carboxylic acids is 1. The van der Waals surface area contributed by atoms with Gasteiger partial charge >= 0.3 is 5.97 Å². The highest BCUT2D eigenvalue weighted by Crippen LogP contribution is 2.47. The van der Waals surface area contributed by atoms with Crippen LogP contribution in [0.3, 0.4) is 0 Å². The molecule has 2 heterocycles. The molecule has 0 amide bonds. The van der Waals surface area contributed by atoms with Gasteiger partial charge in [-0.3, -0.25) is 0 Å². The molecule has 2 unspecified atom stereocenters. The van der Waals surface area contributed by atoms with Gasteiger partial charge in [0.25, 0.3) is 0 Å². The maximum absolute atomic E-state index is 13.1. The number of hydrogen-bond acceptors (Lipinski definition) is 4. The molecule has 140 valence electrons. The van der Waals surface area contributed by atoms with Gasteiger partial charge in [0.2, 0.25) is 10.0 Å². The molecule has 2 saturated carbocycles. The summed E-state index contributed by atoms with van der Waals surface area (Å²) < 4.78 is 34.8. The number of hydrogen-bond donors (Lipinski definition) is 1. The summed E-state index contributed by atoms with van der Waals surface area (Å²) in [6.45, 7) is 2.34. The number of carbonyl (C=O) groups is 1. The predicted octanol–water partition coefficient (Wildman–Crippen LogP) is 2.79. The molecule has 1 N–H and O–H groups in total. The molecule has 26 heavy (non-hydrogen) atoms. The van der Waals surface area contributed by atoms with Crippen LogP contribution in [0.1, 0.15) is 54.1 Å². The van der Waals surface area contributed by atoms with Crippen LogP contribution in [0.25, 0.3) is 0 Å². The van der Waals surface area contributed by atoms with E-state index in [2.05, 4.69) is 6.92 Å². The van der Waals surface area contributed by atoms with E-state index in [1.54, 1.807) is 0 Å². The normalized spacial score (nSPS) is 22.7. The van der Waals surface area contributed by atoms with Crippen LogP contribution in [0.4, 0.5) is 0 Å². The molecule has 8 heteroatoms. The van der Waals surface area contributed by atoms with Crippen LogP contribution in [-0.4, -0.2) is 34.4 Å². The minimum absolute atomic E-state index is 0.00638. The van der Waals surface area contributed by atoms with Crippen molar-refractivity contribution in [2.45, 2.75) is 49.6 Å². The van der Waals surface area contributed by atoms with Crippen molar-refractivity contribution < 1.29 is 22.7 Å². The van der Waals surface area contributed by atoms with Gasteiger partial charge in [-0.1, -0.05) is 6.92 Å². The molecule has 2 aromatic rings. The van der Waals surface area contributed by atoms with Crippen molar-refractivity contribution in [1.29, 1.82) is 0 Å². The Morgan fingerprint density at radius 2 is 2.08 bits per heavy atom. The minimum atomic E-state index is -3.79. The quantitative estimate of drug-likeness (QED) is 0.800. The number of carboxylic acid groups (broad SMARTS) is 1. The summed E-state index contributed by atoms with van der Waals surface area (Å²) in [5.74, 6) is 1.47. The Morgan fingerprint density at radius 1 is 1.38 bits per heavy atom. The van der Waals surface area contributed by atoms with E-state index in [9.17, 15) is 18.3 Å². The highest BCUT2D eigenvalue weighted by molar-refractivity contribution is 7.89. The molecule has 0 aromatic carbocycles. The maximum atomic E-state index is 13.1. The van der Waals surface area contributed by atoms with E-state index in [-0.39, 0.29) is 23.2 Å². The van der Waals surface area contributed by atoms with Gasteiger partial charge in [0, 0.05) is 25.2 Å². The molecular weight excluding hydrogens is 356 g/mol.